The predicted octanol–water partition coefficient (Wildman–Crippen LogP) is 3.01. The van der Waals surface area contributed by atoms with E-state index in [0.717, 1.165) is 12.6 Å². The van der Waals surface area contributed by atoms with E-state index >= 15 is 0 Å². The van der Waals surface area contributed by atoms with Gasteiger partial charge in [0.15, 0.2) is 16.8 Å². The predicted molar refractivity (Wildman–Crippen MR) is 53.7 cm³/mol. The fourth-order valence-electron chi connectivity index (χ4n) is 1.15. The second kappa shape index (κ2) is 3.49. The Labute approximate surface area is 83.6 Å². The molecular weight excluding hydrogens is 206 g/mol. The van der Waals surface area contributed by atoms with Crippen LogP contribution in [-0.4, -0.2) is 11.5 Å². The summed E-state index contributed by atoms with van der Waals surface area (Å²) in [6.45, 7) is 2.68. The van der Waals surface area contributed by atoms with E-state index in [1.807, 2.05) is 6.92 Å². The Morgan fingerprint density at radius 3 is 2.79 bits per heavy atom. The minimum absolute atomic E-state index is 0.491. The summed E-state index contributed by atoms with van der Waals surface area (Å²) < 4.78 is 26.3. The van der Waals surface area contributed by atoms with Gasteiger partial charge in [0.25, 0.3) is 0 Å². The third-order valence-electron chi connectivity index (χ3n) is 1.76. The van der Waals surface area contributed by atoms with Crippen LogP contribution in [0.2, 0.25) is 0 Å². The van der Waals surface area contributed by atoms with E-state index in [4.69, 9.17) is 0 Å². The largest absolute Gasteiger partial charge is 0.362 e. The Hall–Kier alpha value is -1.23. The highest BCUT2D eigenvalue weighted by molar-refractivity contribution is 7.22. The standard InChI is InChI=1S/C9H8F2N2S/c1-2-12-9-13-7-3-5(10)6(11)4-8(7)14-9/h3-4H,2H2,1H3,(H,12,13). The summed E-state index contributed by atoms with van der Waals surface area (Å²) >= 11 is 1.32. The van der Waals surface area contributed by atoms with E-state index in [2.05, 4.69) is 10.3 Å². The molecular formula is C9H8F2N2S. The fraction of sp³-hybridized carbons (Fsp3) is 0.222. The molecule has 0 spiro atoms. The molecule has 1 heterocycles. The van der Waals surface area contributed by atoms with Crippen molar-refractivity contribution in [2.45, 2.75) is 6.92 Å². The Kier molecular flexibility index (Phi) is 2.33. The first-order chi connectivity index (χ1) is 6.70. The van der Waals surface area contributed by atoms with Crippen LogP contribution in [-0.2, 0) is 0 Å². The molecule has 0 amide bonds. The van der Waals surface area contributed by atoms with Crippen molar-refractivity contribution in [3.8, 4) is 0 Å². The zero-order valence-corrected chi connectivity index (χ0v) is 8.29. The second-order valence-corrected chi connectivity index (χ2v) is 3.81. The zero-order chi connectivity index (χ0) is 10.1. The van der Waals surface area contributed by atoms with Crippen LogP contribution in [0.25, 0.3) is 10.2 Å². The molecule has 2 nitrogen and oxygen atoms in total. The molecule has 0 aliphatic rings. The number of hydrogen-bond acceptors (Lipinski definition) is 3. The molecule has 0 radical (unpaired) electrons. The van der Waals surface area contributed by atoms with E-state index in [-0.39, 0.29) is 0 Å². The van der Waals surface area contributed by atoms with Gasteiger partial charge < -0.3 is 5.32 Å². The highest BCUT2D eigenvalue weighted by Gasteiger charge is 2.08. The topological polar surface area (TPSA) is 24.9 Å². The van der Waals surface area contributed by atoms with Gasteiger partial charge in [-0.05, 0) is 13.0 Å². The van der Waals surface area contributed by atoms with Crippen molar-refractivity contribution in [3.05, 3.63) is 23.8 Å². The lowest BCUT2D eigenvalue weighted by molar-refractivity contribution is 0.511. The van der Waals surface area contributed by atoms with Gasteiger partial charge in [-0.25, -0.2) is 13.8 Å². The van der Waals surface area contributed by atoms with Gasteiger partial charge in [-0.1, -0.05) is 11.3 Å². The number of benzene rings is 1. The van der Waals surface area contributed by atoms with Gasteiger partial charge in [0.05, 0.1) is 10.2 Å². The van der Waals surface area contributed by atoms with Gasteiger partial charge in [0, 0.05) is 12.6 Å². The third-order valence-corrected chi connectivity index (χ3v) is 2.73. The summed E-state index contributed by atoms with van der Waals surface area (Å²) in [5.74, 6) is -1.69. The molecule has 0 fully saturated rings. The minimum atomic E-state index is -0.856. The number of anilines is 1. The van der Waals surface area contributed by atoms with Crippen molar-refractivity contribution in [2.75, 3.05) is 11.9 Å². The maximum atomic E-state index is 12.8. The monoisotopic (exact) mass is 214 g/mol. The van der Waals surface area contributed by atoms with Crippen molar-refractivity contribution in [1.82, 2.24) is 4.98 Å². The van der Waals surface area contributed by atoms with Crippen LogP contribution in [0.3, 0.4) is 0 Å². The first kappa shape index (κ1) is 9.33. The van der Waals surface area contributed by atoms with Crippen LogP contribution in [0.5, 0.6) is 0 Å². The Morgan fingerprint density at radius 2 is 2.07 bits per heavy atom. The highest BCUT2D eigenvalue weighted by Crippen LogP contribution is 2.27. The van der Waals surface area contributed by atoms with Gasteiger partial charge in [-0.3, -0.25) is 0 Å². The van der Waals surface area contributed by atoms with E-state index < -0.39 is 11.6 Å². The van der Waals surface area contributed by atoms with E-state index in [1.54, 1.807) is 0 Å². The molecule has 0 aliphatic heterocycles. The van der Waals surface area contributed by atoms with Gasteiger partial charge >= 0.3 is 0 Å². The molecule has 5 heteroatoms. The van der Waals surface area contributed by atoms with Crippen LogP contribution >= 0.6 is 11.3 Å². The number of hydrogen-bond donors (Lipinski definition) is 1. The lowest BCUT2D eigenvalue weighted by Gasteiger charge is -1.92. The molecule has 1 aromatic carbocycles. The van der Waals surface area contributed by atoms with Gasteiger partial charge in [0.1, 0.15) is 0 Å². The molecule has 2 aromatic rings. The van der Waals surface area contributed by atoms with E-state index in [9.17, 15) is 8.78 Å². The number of aromatic nitrogens is 1. The van der Waals surface area contributed by atoms with Gasteiger partial charge in [-0.15, -0.1) is 0 Å². The second-order valence-electron chi connectivity index (χ2n) is 2.78. The van der Waals surface area contributed by atoms with Crippen molar-refractivity contribution < 1.29 is 8.78 Å². The molecule has 0 atom stereocenters. The van der Waals surface area contributed by atoms with Crippen molar-refractivity contribution in [3.63, 3.8) is 0 Å². The van der Waals surface area contributed by atoms with Crippen LogP contribution in [0.15, 0.2) is 12.1 Å². The first-order valence-electron chi connectivity index (χ1n) is 4.20. The average Bonchev–Trinajstić information content (AvgIpc) is 2.48. The number of fused-ring (bicyclic) bond motifs is 1. The molecule has 0 aliphatic carbocycles. The highest BCUT2D eigenvalue weighted by atomic mass is 32.1. The van der Waals surface area contributed by atoms with Gasteiger partial charge in [0.2, 0.25) is 0 Å². The maximum absolute atomic E-state index is 12.8. The SMILES string of the molecule is CCNc1nc2cc(F)c(F)cc2s1. The molecule has 1 aromatic heterocycles. The number of nitrogens with zero attached hydrogens (tertiary/aromatic N) is 1. The molecule has 0 bridgehead atoms. The van der Waals surface area contributed by atoms with Crippen molar-refractivity contribution >= 4 is 26.7 Å². The number of nitrogens with one attached hydrogen (secondary N) is 1. The first-order valence-corrected chi connectivity index (χ1v) is 5.02. The molecule has 74 valence electrons. The fourth-order valence-corrected chi connectivity index (χ4v) is 2.09. The smallest absolute Gasteiger partial charge is 0.183 e. The lowest BCUT2D eigenvalue weighted by atomic mass is 10.3. The van der Waals surface area contributed by atoms with E-state index in [0.29, 0.717) is 15.3 Å². The molecule has 0 saturated carbocycles. The Bertz CT molecular complexity index is 428. The third kappa shape index (κ3) is 1.55. The maximum Gasteiger partial charge on any atom is 0.183 e. The summed E-state index contributed by atoms with van der Waals surface area (Å²) in [4.78, 5) is 4.11. The summed E-state index contributed by atoms with van der Waals surface area (Å²) in [6, 6.07) is 2.28. The van der Waals surface area contributed by atoms with Crippen LogP contribution in [0.1, 0.15) is 6.92 Å². The summed E-state index contributed by atoms with van der Waals surface area (Å²) in [5.41, 5.74) is 0.491. The zero-order valence-electron chi connectivity index (χ0n) is 7.47. The van der Waals surface area contributed by atoms with Crippen LogP contribution in [0, 0.1) is 11.6 Å². The van der Waals surface area contributed by atoms with Crippen LogP contribution in [0.4, 0.5) is 13.9 Å². The molecule has 0 saturated heterocycles. The minimum Gasteiger partial charge on any atom is -0.362 e. The molecule has 1 N–H and O–H groups in total. The normalized spacial score (nSPS) is 10.8. The number of rotatable bonds is 2. The molecule has 14 heavy (non-hydrogen) atoms. The summed E-state index contributed by atoms with van der Waals surface area (Å²) in [7, 11) is 0. The van der Waals surface area contributed by atoms with Crippen molar-refractivity contribution in [1.29, 1.82) is 0 Å². The van der Waals surface area contributed by atoms with Gasteiger partial charge in [-0.2, -0.15) is 0 Å². The number of halogens is 2. The van der Waals surface area contributed by atoms with Crippen molar-refractivity contribution in [2.24, 2.45) is 0 Å². The Balaban J connectivity index is 2.54. The molecule has 2 rings (SSSR count). The summed E-state index contributed by atoms with van der Waals surface area (Å²) in [6.07, 6.45) is 0. The Morgan fingerprint density at radius 1 is 1.36 bits per heavy atom. The average molecular weight is 214 g/mol. The molecule has 0 unspecified atom stereocenters. The lowest BCUT2D eigenvalue weighted by Crippen LogP contribution is -1.94. The van der Waals surface area contributed by atoms with Crippen LogP contribution < -0.4 is 5.32 Å². The van der Waals surface area contributed by atoms with E-state index in [1.165, 1.54) is 17.4 Å². The quantitative estimate of drug-likeness (QED) is 0.831. The summed E-state index contributed by atoms with van der Waals surface area (Å²) in [5, 5.41) is 3.69. The number of thiazole rings is 1.